The molecule has 0 unspecified atom stereocenters. The molecule has 0 aliphatic carbocycles. The van der Waals surface area contributed by atoms with E-state index in [9.17, 15) is 4.79 Å². The van der Waals surface area contributed by atoms with Crippen LogP contribution in [-0.4, -0.2) is 30.0 Å². The highest BCUT2D eigenvalue weighted by Crippen LogP contribution is 2.18. The van der Waals surface area contributed by atoms with Crippen molar-refractivity contribution in [2.45, 2.75) is 24.9 Å². The van der Waals surface area contributed by atoms with Crippen LogP contribution >= 0.6 is 12.2 Å². The summed E-state index contributed by atoms with van der Waals surface area (Å²) in [7, 11) is 1.80. The van der Waals surface area contributed by atoms with Crippen molar-refractivity contribution in [3.05, 3.63) is 96.1 Å². The first-order valence-electron chi connectivity index (χ1n) is 10.8. The molecule has 0 bridgehead atoms. The fraction of sp³-hybridized carbons (Fsp3) is 0.185. The maximum atomic E-state index is 13.1. The fourth-order valence-electron chi connectivity index (χ4n) is 4.02. The van der Waals surface area contributed by atoms with Gasteiger partial charge < -0.3 is 16.4 Å². The highest BCUT2D eigenvalue weighted by Gasteiger charge is 2.22. The molecule has 4 nitrogen and oxygen atoms in total. The van der Waals surface area contributed by atoms with Crippen LogP contribution in [0.15, 0.2) is 84.9 Å². The van der Waals surface area contributed by atoms with Crippen molar-refractivity contribution in [2.75, 3.05) is 7.05 Å². The fourth-order valence-corrected chi connectivity index (χ4v) is 4.17. The minimum Gasteiger partial charge on any atom is -0.392 e. The Kier molecular flexibility index (Phi) is 6.78. The summed E-state index contributed by atoms with van der Waals surface area (Å²) in [5.74, 6) is -0.112. The summed E-state index contributed by atoms with van der Waals surface area (Å²) < 4.78 is 0. The molecule has 4 aromatic rings. The number of nitrogens with one attached hydrogen (secondary N) is 2. The molecule has 0 saturated carbocycles. The highest BCUT2D eigenvalue weighted by atomic mass is 32.1. The van der Waals surface area contributed by atoms with Gasteiger partial charge in [0.25, 0.3) is 0 Å². The lowest BCUT2D eigenvalue weighted by molar-refractivity contribution is -0.123. The predicted octanol–water partition coefficient (Wildman–Crippen LogP) is 4.14. The van der Waals surface area contributed by atoms with Gasteiger partial charge in [0.1, 0.15) is 0 Å². The first kappa shape index (κ1) is 21.9. The molecule has 2 atom stereocenters. The number of amides is 1. The molecule has 0 spiro atoms. The predicted molar refractivity (Wildman–Crippen MR) is 137 cm³/mol. The van der Waals surface area contributed by atoms with Crippen molar-refractivity contribution < 1.29 is 4.79 Å². The molecule has 4 N–H and O–H groups in total. The van der Waals surface area contributed by atoms with Gasteiger partial charge in [0.05, 0.1) is 17.1 Å². The standard InChI is InChI=1S/C27H27N3OS/c1-29-25(17-19-11-13-21-7-3-5-9-23(21)15-19)27(31)30-24(26(28)32)16-18-10-12-20-6-2-4-8-22(20)14-18/h2-15,24-25,29H,16-17H2,1H3,(H2,28,32)(H,30,31)/t24-,25-/m1/s1. The van der Waals surface area contributed by atoms with Gasteiger partial charge in [-0.2, -0.15) is 0 Å². The number of carbonyl (C=O) groups excluding carboxylic acids is 1. The van der Waals surface area contributed by atoms with E-state index in [0.717, 1.165) is 21.9 Å². The maximum absolute atomic E-state index is 13.1. The Morgan fingerprint density at radius 3 is 1.72 bits per heavy atom. The Bertz CT molecular complexity index is 1270. The van der Waals surface area contributed by atoms with E-state index in [-0.39, 0.29) is 16.9 Å². The van der Waals surface area contributed by atoms with Crippen LogP contribution in [0.2, 0.25) is 0 Å². The Morgan fingerprint density at radius 2 is 1.25 bits per heavy atom. The number of nitrogens with two attached hydrogens (primary N) is 1. The van der Waals surface area contributed by atoms with Gasteiger partial charge in [0.15, 0.2) is 0 Å². The Morgan fingerprint density at radius 1 is 0.781 bits per heavy atom. The average molecular weight is 442 g/mol. The van der Waals surface area contributed by atoms with Crippen LogP contribution in [0.1, 0.15) is 11.1 Å². The molecule has 32 heavy (non-hydrogen) atoms. The van der Waals surface area contributed by atoms with Crippen molar-refractivity contribution in [2.24, 2.45) is 5.73 Å². The number of benzene rings is 4. The van der Waals surface area contributed by atoms with Crippen LogP contribution in [0.5, 0.6) is 0 Å². The zero-order chi connectivity index (χ0) is 22.5. The van der Waals surface area contributed by atoms with E-state index in [2.05, 4.69) is 71.3 Å². The molecule has 0 aromatic heterocycles. The molecule has 162 valence electrons. The molecule has 0 saturated heterocycles. The van der Waals surface area contributed by atoms with Crippen LogP contribution in [0.4, 0.5) is 0 Å². The lowest BCUT2D eigenvalue weighted by Gasteiger charge is -2.22. The Labute approximate surface area is 193 Å². The van der Waals surface area contributed by atoms with Crippen molar-refractivity contribution in [1.82, 2.24) is 10.6 Å². The van der Waals surface area contributed by atoms with E-state index in [1.165, 1.54) is 10.8 Å². The smallest absolute Gasteiger partial charge is 0.238 e. The summed E-state index contributed by atoms with van der Waals surface area (Å²) in [6, 6.07) is 28.2. The Balaban J connectivity index is 1.46. The first-order valence-corrected chi connectivity index (χ1v) is 11.2. The van der Waals surface area contributed by atoms with Crippen LogP contribution in [0.25, 0.3) is 21.5 Å². The van der Waals surface area contributed by atoms with Crippen molar-refractivity contribution >= 4 is 44.7 Å². The first-order chi connectivity index (χ1) is 15.5. The second kappa shape index (κ2) is 9.90. The van der Waals surface area contributed by atoms with Gasteiger partial charge in [0.2, 0.25) is 5.91 Å². The van der Waals surface area contributed by atoms with Crippen molar-refractivity contribution in [3.63, 3.8) is 0 Å². The van der Waals surface area contributed by atoms with Crippen LogP contribution in [-0.2, 0) is 17.6 Å². The molecule has 5 heteroatoms. The summed E-state index contributed by atoms with van der Waals surface area (Å²) in [4.78, 5) is 13.4. The molecule has 4 rings (SSSR count). The molecule has 0 aliphatic heterocycles. The molecule has 1 amide bonds. The number of fused-ring (bicyclic) bond motifs is 2. The molecule has 4 aromatic carbocycles. The van der Waals surface area contributed by atoms with Crippen LogP contribution in [0.3, 0.4) is 0 Å². The third-order valence-corrected chi connectivity index (χ3v) is 6.12. The third kappa shape index (κ3) is 5.13. The number of hydrogen-bond acceptors (Lipinski definition) is 3. The summed E-state index contributed by atoms with van der Waals surface area (Å²) in [5.41, 5.74) is 8.18. The largest absolute Gasteiger partial charge is 0.392 e. The minimum atomic E-state index is -0.411. The molecule has 0 fully saturated rings. The van der Waals surface area contributed by atoms with Crippen LogP contribution < -0.4 is 16.4 Å². The van der Waals surface area contributed by atoms with Crippen molar-refractivity contribution in [3.8, 4) is 0 Å². The van der Waals surface area contributed by atoms with Gasteiger partial charge >= 0.3 is 0 Å². The zero-order valence-electron chi connectivity index (χ0n) is 18.0. The van der Waals surface area contributed by atoms with Gasteiger partial charge in [-0.1, -0.05) is 97.1 Å². The zero-order valence-corrected chi connectivity index (χ0v) is 18.9. The molecular formula is C27H27N3OS. The second-order valence-electron chi connectivity index (χ2n) is 8.08. The summed E-state index contributed by atoms with van der Waals surface area (Å²) in [5, 5.41) is 10.9. The van der Waals surface area contributed by atoms with Gasteiger partial charge in [0, 0.05) is 0 Å². The minimum absolute atomic E-state index is 0.112. The Hall–Kier alpha value is -3.28. The van der Waals surface area contributed by atoms with E-state index < -0.39 is 6.04 Å². The van der Waals surface area contributed by atoms with E-state index in [1.807, 2.05) is 24.3 Å². The SMILES string of the molecule is CN[C@H](Cc1ccc2ccccc2c1)C(=O)N[C@H](Cc1ccc2ccccc2c1)C(N)=S. The van der Waals surface area contributed by atoms with E-state index in [4.69, 9.17) is 18.0 Å². The van der Waals surface area contributed by atoms with E-state index >= 15 is 0 Å². The number of rotatable bonds is 8. The van der Waals surface area contributed by atoms with E-state index in [1.54, 1.807) is 7.05 Å². The van der Waals surface area contributed by atoms with Gasteiger partial charge in [-0.3, -0.25) is 4.79 Å². The second-order valence-corrected chi connectivity index (χ2v) is 8.55. The van der Waals surface area contributed by atoms with Crippen LogP contribution in [0, 0.1) is 0 Å². The number of carbonyl (C=O) groups is 1. The lowest BCUT2D eigenvalue weighted by Crippen LogP contribution is -2.52. The normalized spacial score (nSPS) is 13.0. The maximum Gasteiger partial charge on any atom is 0.238 e. The average Bonchev–Trinajstić information content (AvgIpc) is 2.81. The van der Waals surface area contributed by atoms with Gasteiger partial charge in [-0.25, -0.2) is 0 Å². The quantitative estimate of drug-likeness (QED) is 0.360. The number of likely N-dealkylation sites (N-methyl/N-ethyl adjacent to an activating group) is 1. The number of thiocarbonyl (C=S) groups is 1. The molecule has 0 heterocycles. The van der Waals surface area contributed by atoms with E-state index in [0.29, 0.717) is 12.8 Å². The van der Waals surface area contributed by atoms with Gasteiger partial charge in [-0.05, 0) is 52.6 Å². The molecule has 0 aliphatic rings. The summed E-state index contributed by atoms with van der Waals surface area (Å²) >= 11 is 5.28. The topological polar surface area (TPSA) is 67.2 Å². The summed E-state index contributed by atoms with van der Waals surface area (Å²) in [6.07, 6.45) is 1.13. The molecular weight excluding hydrogens is 414 g/mol. The molecule has 0 radical (unpaired) electrons. The third-order valence-electron chi connectivity index (χ3n) is 5.83. The monoisotopic (exact) mass is 441 g/mol. The van der Waals surface area contributed by atoms with Crippen molar-refractivity contribution in [1.29, 1.82) is 0 Å². The highest BCUT2D eigenvalue weighted by molar-refractivity contribution is 7.80. The lowest BCUT2D eigenvalue weighted by atomic mass is 9.99. The summed E-state index contributed by atoms with van der Waals surface area (Å²) in [6.45, 7) is 0. The van der Waals surface area contributed by atoms with Gasteiger partial charge in [-0.15, -0.1) is 0 Å². The number of hydrogen-bond donors (Lipinski definition) is 3.